The molecule has 2 aromatic carbocycles. The van der Waals surface area contributed by atoms with E-state index in [9.17, 15) is 14.7 Å². The van der Waals surface area contributed by atoms with Gasteiger partial charge in [0.05, 0.1) is 11.1 Å². The predicted octanol–water partition coefficient (Wildman–Crippen LogP) is 2.84. The lowest BCUT2D eigenvalue weighted by Crippen LogP contribution is -2.36. The van der Waals surface area contributed by atoms with E-state index in [1.54, 1.807) is 48.5 Å². The van der Waals surface area contributed by atoms with E-state index < -0.39 is 24.1 Å². The zero-order chi connectivity index (χ0) is 17.6. The molecule has 3 atom stereocenters. The molecule has 0 saturated heterocycles. The zero-order valence-electron chi connectivity index (χ0n) is 13.7. The molecule has 1 aliphatic carbocycles. The average molecular weight is 340 g/mol. The summed E-state index contributed by atoms with van der Waals surface area (Å²) in [5.74, 6) is -1.17. The zero-order valence-corrected chi connectivity index (χ0v) is 13.7. The van der Waals surface area contributed by atoms with Gasteiger partial charge in [-0.2, -0.15) is 0 Å². The molecular formula is C20H20O5. The van der Waals surface area contributed by atoms with Crippen LogP contribution in [0.25, 0.3) is 0 Å². The van der Waals surface area contributed by atoms with E-state index in [0.717, 1.165) is 0 Å². The van der Waals surface area contributed by atoms with Crippen molar-refractivity contribution < 1.29 is 24.2 Å². The summed E-state index contributed by atoms with van der Waals surface area (Å²) < 4.78 is 11.1. The van der Waals surface area contributed by atoms with Gasteiger partial charge in [0.1, 0.15) is 12.2 Å². The Labute approximate surface area is 146 Å². The Morgan fingerprint density at radius 1 is 0.840 bits per heavy atom. The predicted molar refractivity (Wildman–Crippen MR) is 91.1 cm³/mol. The Balaban J connectivity index is 1.70. The fraction of sp³-hybridized carbons (Fsp3) is 0.300. The molecule has 130 valence electrons. The Kier molecular flexibility index (Phi) is 5.46. The molecular weight excluding hydrogens is 320 g/mol. The molecule has 1 saturated carbocycles. The summed E-state index contributed by atoms with van der Waals surface area (Å²) in [5, 5.41) is 9.56. The maximum Gasteiger partial charge on any atom is 0.338 e. The van der Waals surface area contributed by atoms with Crippen LogP contribution in [0.3, 0.4) is 0 Å². The Morgan fingerprint density at radius 3 is 1.88 bits per heavy atom. The van der Waals surface area contributed by atoms with Crippen molar-refractivity contribution in [2.45, 2.75) is 25.0 Å². The van der Waals surface area contributed by atoms with E-state index in [2.05, 4.69) is 0 Å². The fourth-order valence-electron chi connectivity index (χ4n) is 3.05. The molecule has 2 aromatic rings. The number of aliphatic hydroxyl groups is 1. The number of esters is 2. The van der Waals surface area contributed by atoms with Crippen LogP contribution in [-0.4, -0.2) is 35.9 Å². The number of hydrogen-bond donors (Lipinski definition) is 1. The van der Waals surface area contributed by atoms with E-state index in [0.29, 0.717) is 24.0 Å². The van der Waals surface area contributed by atoms with Crippen molar-refractivity contribution in [1.82, 2.24) is 0 Å². The molecule has 0 spiro atoms. The number of aliphatic hydroxyl groups excluding tert-OH is 1. The Morgan fingerprint density at radius 2 is 1.36 bits per heavy atom. The van der Waals surface area contributed by atoms with Gasteiger partial charge in [-0.1, -0.05) is 36.4 Å². The Bertz CT molecular complexity index is 713. The molecule has 0 amide bonds. The monoisotopic (exact) mass is 340 g/mol. The molecule has 3 rings (SSSR count). The van der Waals surface area contributed by atoms with Gasteiger partial charge in [-0.05, 0) is 37.1 Å². The van der Waals surface area contributed by atoms with Crippen LogP contribution in [0.4, 0.5) is 0 Å². The number of rotatable bonds is 5. The maximum absolute atomic E-state index is 12.3. The van der Waals surface area contributed by atoms with Crippen LogP contribution in [-0.2, 0) is 9.47 Å². The van der Waals surface area contributed by atoms with E-state index >= 15 is 0 Å². The van der Waals surface area contributed by atoms with Crippen LogP contribution in [0.1, 0.15) is 33.6 Å². The van der Waals surface area contributed by atoms with Gasteiger partial charge < -0.3 is 14.6 Å². The molecule has 1 N–H and O–H groups in total. The highest BCUT2D eigenvalue weighted by Crippen LogP contribution is 2.32. The minimum atomic E-state index is -0.648. The summed E-state index contributed by atoms with van der Waals surface area (Å²) in [5.41, 5.74) is 0.877. The summed E-state index contributed by atoms with van der Waals surface area (Å²) in [6.45, 7) is -0.119. The van der Waals surface area contributed by atoms with Gasteiger partial charge in [-0.15, -0.1) is 0 Å². The van der Waals surface area contributed by atoms with Crippen molar-refractivity contribution in [3.63, 3.8) is 0 Å². The lowest BCUT2D eigenvalue weighted by Gasteiger charge is -2.24. The normalized spacial score (nSPS) is 22.4. The van der Waals surface area contributed by atoms with Gasteiger partial charge in [-0.3, -0.25) is 0 Å². The molecule has 25 heavy (non-hydrogen) atoms. The third kappa shape index (κ3) is 4.06. The van der Waals surface area contributed by atoms with Crippen LogP contribution in [0.2, 0.25) is 0 Å². The van der Waals surface area contributed by atoms with E-state index in [4.69, 9.17) is 9.47 Å². The van der Waals surface area contributed by atoms with E-state index in [1.807, 2.05) is 12.1 Å². The van der Waals surface area contributed by atoms with Crippen LogP contribution >= 0.6 is 0 Å². The summed E-state index contributed by atoms with van der Waals surface area (Å²) in [7, 11) is 0. The number of carbonyl (C=O) groups excluding carboxylic acids is 2. The molecule has 0 bridgehead atoms. The summed E-state index contributed by atoms with van der Waals surface area (Å²) in [4.78, 5) is 24.6. The Hall–Kier alpha value is -2.66. The second kappa shape index (κ2) is 7.94. The van der Waals surface area contributed by atoms with Crippen LogP contribution in [0.5, 0.6) is 0 Å². The molecule has 0 radical (unpaired) electrons. The standard InChI is InChI=1S/C20H20O5/c21-13-16-11-12-17(24-19(22)14-7-3-1-4-8-14)18(16)25-20(23)15-9-5-2-6-10-15/h1-10,16-18,21H,11-13H2/t16-,17-,18-/m1/s1. The minimum Gasteiger partial charge on any atom is -0.455 e. The highest BCUT2D eigenvalue weighted by Gasteiger charge is 2.41. The quantitative estimate of drug-likeness (QED) is 0.847. The summed E-state index contributed by atoms with van der Waals surface area (Å²) in [6.07, 6.45) is -0.0186. The van der Waals surface area contributed by atoms with Gasteiger partial charge >= 0.3 is 11.9 Å². The van der Waals surface area contributed by atoms with Crippen molar-refractivity contribution >= 4 is 11.9 Å². The first-order valence-corrected chi connectivity index (χ1v) is 8.32. The summed E-state index contributed by atoms with van der Waals surface area (Å²) >= 11 is 0. The molecule has 0 unspecified atom stereocenters. The average Bonchev–Trinajstić information content (AvgIpc) is 3.04. The third-order valence-corrected chi connectivity index (χ3v) is 4.41. The van der Waals surface area contributed by atoms with Gasteiger partial charge in [-0.25, -0.2) is 9.59 Å². The van der Waals surface area contributed by atoms with Crippen molar-refractivity contribution in [3.05, 3.63) is 71.8 Å². The van der Waals surface area contributed by atoms with E-state index in [1.165, 1.54) is 0 Å². The van der Waals surface area contributed by atoms with Crippen LogP contribution in [0.15, 0.2) is 60.7 Å². The lowest BCUT2D eigenvalue weighted by atomic mass is 10.1. The topological polar surface area (TPSA) is 72.8 Å². The molecule has 0 heterocycles. The van der Waals surface area contributed by atoms with Crippen molar-refractivity contribution in [2.75, 3.05) is 6.61 Å². The highest BCUT2D eigenvalue weighted by molar-refractivity contribution is 5.90. The van der Waals surface area contributed by atoms with Gasteiger partial charge in [0.15, 0.2) is 0 Å². The van der Waals surface area contributed by atoms with Crippen LogP contribution in [0, 0.1) is 5.92 Å². The van der Waals surface area contributed by atoms with E-state index in [-0.39, 0.29) is 12.5 Å². The minimum absolute atomic E-state index is 0.119. The summed E-state index contributed by atoms with van der Waals surface area (Å²) in [6, 6.07) is 17.3. The maximum atomic E-state index is 12.3. The van der Waals surface area contributed by atoms with Gasteiger partial charge in [0, 0.05) is 12.5 Å². The first-order chi connectivity index (χ1) is 12.2. The van der Waals surface area contributed by atoms with Crippen molar-refractivity contribution in [3.8, 4) is 0 Å². The molecule has 5 nitrogen and oxygen atoms in total. The van der Waals surface area contributed by atoms with Gasteiger partial charge in [0.25, 0.3) is 0 Å². The highest BCUT2D eigenvalue weighted by atomic mass is 16.6. The second-order valence-corrected chi connectivity index (χ2v) is 6.07. The molecule has 5 heteroatoms. The molecule has 1 aliphatic rings. The smallest absolute Gasteiger partial charge is 0.338 e. The number of ether oxygens (including phenoxy) is 2. The number of hydrogen-bond acceptors (Lipinski definition) is 5. The van der Waals surface area contributed by atoms with Crippen molar-refractivity contribution in [1.29, 1.82) is 0 Å². The second-order valence-electron chi connectivity index (χ2n) is 6.07. The first kappa shape index (κ1) is 17.2. The third-order valence-electron chi connectivity index (χ3n) is 4.41. The largest absolute Gasteiger partial charge is 0.455 e. The first-order valence-electron chi connectivity index (χ1n) is 8.32. The number of benzene rings is 2. The van der Waals surface area contributed by atoms with Crippen LogP contribution < -0.4 is 0 Å². The SMILES string of the molecule is O=C(O[C@@H]1[C@@H](CO)CC[C@H]1OC(=O)c1ccccc1)c1ccccc1. The molecule has 1 fully saturated rings. The van der Waals surface area contributed by atoms with Crippen molar-refractivity contribution in [2.24, 2.45) is 5.92 Å². The molecule has 0 aliphatic heterocycles. The lowest BCUT2D eigenvalue weighted by molar-refractivity contribution is -0.0409. The van der Waals surface area contributed by atoms with Gasteiger partial charge in [0.2, 0.25) is 0 Å². The molecule has 0 aromatic heterocycles. The fourth-order valence-corrected chi connectivity index (χ4v) is 3.05. The number of carbonyl (C=O) groups is 2.